The highest BCUT2D eigenvalue weighted by molar-refractivity contribution is 5.94. The van der Waals surface area contributed by atoms with Gasteiger partial charge >= 0.3 is 0 Å². The van der Waals surface area contributed by atoms with Crippen LogP contribution in [-0.2, 0) is 38.2 Å². The molecule has 0 radical (unpaired) electrons. The molecule has 0 aromatic rings. The normalized spacial score (nSPS) is 16.3. The third-order valence-corrected chi connectivity index (χ3v) is 6.52. The van der Waals surface area contributed by atoms with E-state index in [1.165, 1.54) is 11.8 Å². The minimum atomic E-state index is -0.848. The monoisotopic (exact) mass is 586 g/mol. The van der Waals surface area contributed by atoms with Crippen molar-refractivity contribution in [2.45, 2.75) is 77.4 Å². The van der Waals surface area contributed by atoms with Gasteiger partial charge in [0, 0.05) is 33.0 Å². The Morgan fingerprint density at radius 2 is 1.56 bits per heavy atom. The average Bonchev–Trinajstić information content (AvgIpc) is 3.41. The van der Waals surface area contributed by atoms with Crippen molar-refractivity contribution in [1.29, 1.82) is 0 Å². The summed E-state index contributed by atoms with van der Waals surface area (Å²) in [6.07, 6.45) is 2.64. The quantitative estimate of drug-likeness (QED) is 0.0964. The molecule has 1 saturated heterocycles. The zero-order valence-electron chi connectivity index (χ0n) is 24.8. The summed E-state index contributed by atoms with van der Waals surface area (Å²) in [6, 6.07) is -2.45. The van der Waals surface area contributed by atoms with E-state index in [0.29, 0.717) is 84.8 Å². The van der Waals surface area contributed by atoms with Gasteiger partial charge in [-0.2, -0.15) is 0 Å². The van der Waals surface area contributed by atoms with Gasteiger partial charge in [0.15, 0.2) is 0 Å². The number of nitrogens with one attached hydrogen (secondary N) is 3. The van der Waals surface area contributed by atoms with E-state index in [1.54, 1.807) is 13.8 Å². The number of rotatable bonds is 22. The van der Waals surface area contributed by atoms with Crippen molar-refractivity contribution in [2.75, 3.05) is 59.3 Å². The molecule has 0 spiro atoms. The maximum absolute atomic E-state index is 13.6. The third-order valence-electron chi connectivity index (χ3n) is 6.52. The molecule has 0 aromatic heterocycles. The van der Waals surface area contributed by atoms with Crippen LogP contribution in [0.3, 0.4) is 0 Å². The van der Waals surface area contributed by atoms with E-state index in [9.17, 15) is 24.0 Å². The van der Waals surface area contributed by atoms with Crippen LogP contribution in [0.1, 0.15) is 59.3 Å². The topological polar surface area (TPSA) is 204 Å². The van der Waals surface area contributed by atoms with Crippen molar-refractivity contribution in [3.8, 4) is 0 Å². The highest BCUT2D eigenvalue weighted by Crippen LogP contribution is 2.20. The maximum atomic E-state index is 13.6. The molecule has 41 heavy (non-hydrogen) atoms. The maximum Gasteiger partial charge on any atom is 0.245 e. The SMILES string of the molecule is CC(=O)NCCCCC(NC(=O)CCOCCOCCOCCN)C(=O)N1CCCC1C(=O)NC(C(N)=O)C(C)C. The second-order valence-electron chi connectivity index (χ2n) is 10.3. The first kappa shape index (κ1) is 36.2. The summed E-state index contributed by atoms with van der Waals surface area (Å²) in [5, 5.41) is 8.19. The number of carbonyl (C=O) groups is 5. The number of primary amides is 1. The van der Waals surface area contributed by atoms with E-state index in [1.807, 2.05) is 0 Å². The minimum Gasteiger partial charge on any atom is -0.379 e. The molecule has 1 heterocycles. The first-order valence-electron chi connectivity index (χ1n) is 14.5. The number of likely N-dealkylation sites (tertiary alicyclic amines) is 1. The number of nitrogens with zero attached hydrogens (tertiary/aromatic N) is 1. The summed E-state index contributed by atoms with van der Waals surface area (Å²) in [4.78, 5) is 63.7. The zero-order valence-corrected chi connectivity index (χ0v) is 24.8. The molecule has 14 nitrogen and oxygen atoms in total. The van der Waals surface area contributed by atoms with Crippen LogP contribution in [0.2, 0.25) is 0 Å². The van der Waals surface area contributed by atoms with Crippen molar-refractivity contribution in [3.05, 3.63) is 0 Å². The molecule has 0 saturated carbocycles. The number of hydrogen-bond donors (Lipinski definition) is 5. The van der Waals surface area contributed by atoms with E-state index in [-0.39, 0.29) is 36.7 Å². The van der Waals surface area contributed by atoms with E-state index in [2.05, 4.69) is 16.0 Å². The van der Waals surface area contributed by atoms with Gasteiger partial charge in [0.05, 0.1) is 39.6 Å². The van der Waals surface area contributed by atoms with E-state index in [0.717, 1.165) is 0 Å². The van der Waals surface area contributed by atoms with Crippen LogP contribution in [0, 0.1) is 5.92 Å². The van der Waals surface area contributed by atoms with Crippen molar-refractivity contribution >= 4 is 29.5 Å². The van der Waals surface area contributed by atoms with Crippen molar-refractivity contribution in [3.63, 3.8) is 0 Å². The Labute approximate surface area is 242 Å². The van der Waals surface area contributed by atoms with E-state index >= 15 is 0 Å². The van der Waals surface area contributed by atoms with Gasteiger partial charge in [0.2, 0.25) is 29.5 Å². The highest BCUT2D eigenvalue weighted by atomic mass is 16.5. The van der Waals surface area contributed by atoms with Gasteiger partial charge in [-0.3, -0.25) is 24.0 Å². The standard InChI is InChI=1S/C27H50N6O8/c1-19(2)24(25(29)36)32-26(37)22-8-6-12-33(22)27(38)21(7-4-5-11-30-20(3)34)31-23(35)9-13-39-15-17-41-18-16-40-14-10-28/h19,21-22,24H,4-18,28H2,1-3H3,(H2,29,36)(H,30,34)(H,31,35)(H,32,37). The van der Waals surface area contributed by atoms with Gasteiger partial charge in [-0.1, -0.05) is 13.8 Å². The molecule has 1 aliphatic heterocycles. The Morgan fingerprint density at radius 1 is 0.927 bits per heavy atom. The Hall–Kier alpha value is -2.81. The number of carbonyl (C=O) groups excluding carboxylic acids is 5. The van der Waals surface area contributed by atoms with Crippen LogP contribution >= 0.6 is 0 Å². The predicted octanol–water partition coefficient (Wildman–Crippen LogP) is -1.21. The summed E-state index contributed by atoms with van der Waals surface area (Å²) in [5.74, 6) is -2.14. The second kappa shape index (κ2) is 21.0. The average molecular weight is 587 g/mol. The molecular formula is C27H50N6O8. The van der Waals surface area contributed by atoms with E-state index < -0.39 is 29.9 Å². The fraction of sp³-hybridized carbons (Fsp3) is 0.815. The summed E-state index contributed by atoms with van der Waals surface area (Å²) in [5.41, 5.74) is 10.8. The van der Waals surface area contributed by atoms with Crippen LogP contribution in [0.5, 0.6) is 0 Å². The molecule has 1 fully saturated rings. The predicted molar refractivity (Wildman–Crippen MR) is 151 cm³/mol. The van der Waals surface area contributed by atoms with E-state index in [4.69, 9.17) is 25.7 Å². The van der Waals surface area contributed by atoms with Crippen molar-refractivity contribution in [1.82, 2.24) is 20.9 Å². The second-order valence-corrected chi connectivity index (χ2v) is 10.3. The lowest BCUT2D eigenvalue weighted by atomic mass is 10.0. The Balaban J connectivity index is 2.67. The Kier molecular flexibility index (Phi) is 18.5. The highest BCUT2D eigenvalue weighted by Gasteiger charge is 2.38. The van der Waals surface area contributed by atoms with Crippen LogP contribution in [-0.4, -0.2) is 112 Å². The lowest BCUT2D eigenvalue weighted by Gasteiger charge is -2.30. The first-order valence-corrected chi connectivity index (χ1v) is 14.5. The largest absolute Gasteiger partial charge is 0.379 e. The van der Waals surface area contributed by atoms with Gasteiger partial charge in [-0.25, -0.2) is 0 Å². The zero-order chi connectivity index (χ0) is 30.6. The fourth-order valence-corrected chi connectivity index (χ4v) is 4.37. The molecule has 0 bridgehead atoms. The van der Waals surface area contributed by atoms with Crippen LogP contribution in [0.4, 0.5) is 0 Å². The minimum absolute atomic E-state index is 0.0495. The third kappa shape index (κ3) is 15.1. The molecule has 0 aliphatic carbocycles. The van der Waals surface area contributed by atoms with Gasteiger partial charge in [-0.15, -0.1) is 0 Å². The van der Waals surface area contributed by atoms with Crippen molar-refractivity contribution in [2.24, 2.45) is 17.4 Å². The molecule has 3 unspecified atom stereocenters. The first-order chi connectivity index (χ1) is 19.6. The molecule has 1 rings (SSSR count). The lowest BCUT2D eigenvalue weighted by molar-refractivity contribution is -0.142. The molecule has 236 valence electrons. The van der Waals surface area contributed by atoms with Crippen molar-refractivity contribution < 1.29 is 38.2 Å². The lowest BCUT2D eigenvalue weighted by Crippen LogP contribution is -2.56. The van der Waals surface area contributed by atoms with Crippen LogP contribution < -0.4 is 27.4 Å². The molecule has 14 heteroatoms. The molecule has 3 atom stereocenters. The molecule has 5 amide bonds. The number of amides is 5. The van der Waals surface area contributed by atoms with Crippen LogP contribution in [0.25, 0.3) is 0 Å². The summed E-state index contributed by atoms with van der Waals surface area (Å²) >= 11 is 0. The summed E-state index contributed by atoms with van der Waals surface area (Å²) in [6.45, 7) is 8.42. The number of unbranched alkanes of at least 4 members (excludes halogenated alkanes) is 1. The Morgan fingerprint density at radius 3 is 2.15 bits per heavy atom. The number of hydrogen-bond acceptors (Lipinski definition) is 9. The molecule has 0 aromatic carbocycles. The van der Waals surface area contributed by atoms with Gasteiger partial charge < -0.3 is 46.5 Å². The molecular weight excluding hydrogens is 536 g/mol. The molecule has 1 aliphatic rings. The number of nitrogens with two attached hydrogens (primary N) is 2. The number of ether oxygens (including phenoxy) is 3. The van der Waals surface area contributed by atoms with Gasteiger partial charge in [0.25, 0.3) is 0 Å². The van der Waals surface area contributed by atoms with Gasteiger partial charge in [0.1, 0.15) is 18.1 Å². The summed E-state index contributed by atoms with van der Waals surface area (Å²) in [7, 11) is 0. The Bertz CT molecular complexity index is 828. The van der Waals surface area contributed by atoms with Crippen LogP contribution in [0.15, 0.2) is 0 Å². The van der Waals surface area contributed by atoms with Gasteiger partial charge in [-0.05, 0) is 38.0 Å². The smallest absolute Gasteiger partial charge is 0.245 e. The summed E-state index contributed by atoms with van der Waals surface area (Å²) < 4.78 is 16.0. The molecule has 7 N–H and O–H groups in total. The fourth-order valence-electron chi connectivity index (χ4n) is 4.37.